The minimum Gasteiger partial charge on any atom is -0.480 e. The SMILES string of the molecule is COCCn1cc(-c2ccc(C[C@H](NC(=O)OCC3c4ccccc4-c4ccccc43)C(=O)O)cc2)cn1. The van der Waals surface area contributed by atoms with Crippen LogP contribution in [0, 0.1) is 0 Å². The number of nitrogens with one attached hydrogen (secondary N) is 1. The molecular weight excluding hydrogens is 482 g/mol. The van der Waals surface area contributed by atoms with E-state index in [0.717, 1.165) is 38.9 Å². The fraction of sp³-hybridized carbons (Fsp3) is 0.233. The van der Waals surface area contributed by atoms with Crippen LogP contribution in [0.25, 0.3) is 22.3 Å². The molecule has 38 heavy (non-hydrogen) atoms. The molecule has 3 aromatic carbocycles. The van der Waals surface area contributed by atoms with Crippen molar-refractivity contribution in [3.05, 3.63) is 102 Å². The van der Waals surface area contributed by atoms with E-state index in [4.69, 9.17) is 9.47 Å². The van der Waals surface area contributed by atoms with Crippen molar-refractivity contribution < 1.29 is 24.2 Å². The monoisotopic (exact) mass is 511 g/mol. The molecule has 1 heterocycles. The highest BCUT2D eigenvalue weighted by atomic mass is 16.5. The first kappa shape index (κ1) is 25.2. The van der Waals surface area contributed by atoms with Gasteiger partial charge in [-0.25, -0.2) is 9.59 Å². The minimum absolute atomic E-state index is 0.0946. The highest BCUT2D eigenvalue weighted by molar-refractivity contribution is 5.81. The molecule has 0 aliphatic heterocycles. The first-order valence-electron chi connectivity index (χ1n) is 12.5. The van der Waals surface area contributed by atoms with Crippen LogP contribution in [0.4, 0.5) is 4.79 Å². The number of ether oxygens (including phenoxy) is 2. The number of carbonyl (C=O) groups is 2. The summed E-state index contributed by atoms with van der Waals surface area (Å²) in [5, 5.41) is 16.6. The molecule has 1 atom stereocenters. The number of hydrogen-bond acceptors (Lipinski definition) is 5. The van der Waals surface area contributed by atoms with E-state index in [1.54, 1.807) is 13.3 Å². The van der Waals surface area contributed by atoms with Crippen LogP contribution in [0.15, 0.2) is 85.2 Å². The number of aliphatic carboxylic acids is 1. The molecule has 8 heteroatoms. The van der Waals surface area contributed by atoms with Gasteiger partial charge in [0.15, 0.2) is 0 Å². The number of carbonyl (C=O) groups excluding carboxylic acids is 1. The van der Waals surface area contributed by atoms with Gasteiger partial charge in [-0.3, -0.25) is 4.68 Å². The number of alkyl carbamates (subject to hydrolysis) is 1. The predicted octanol–water partition coefficient (Wildman–Crippen LogP) is 4.73. The second kappa shape index (κ2) is 11.3. The number of methoxy groups -OCH3 is 1. The van der Waals surface area contributed by atoms with Crippen LogP contribution in [0.2, 0.25) is 0 Å². The summed E-state index contributed by atoms with van der Waals surface area (Å²) < 4.78 is 12.4. The van der Waals surface area contributed by atoms with Crippen molar-refractivity contribution in [1.29, 1.82) is 0 Å². The average molecular weight is 512 g/mol. The average Bonchev–Trinajstić information content (AvgIpc) is 3.54. The zero-order valence-corrected chi connectivity index (χ0v) is 21.0. The number of fused-ring (bicyclic) bond motifs is 3. The van der Waals surface area contributed by atoms with Crippen molar-refractivity contribution in [3.8, 4) is 22.3 Å². The highest BCUT2D eigenvalue weighted by Gasteiger charge is 2.29. The Kier molecular flexibility index (Phi) is 7.51. The van der Waals surface area contributed by atoms with Gasteiger partial charge in [0.05, 0.1) is 19.3 Å². The smallest absolute Gasteiger partial charge is 0.407 e. The number of rotatable bonds is 10. The fourth-order valence-corrected chi connectivity index (χ4v) is 4.87. The Hall–Kier alpha value is -4.43. The third-order valence-corrected chi connectivity index (χ3v) is 6.82. The van der Waals surface area contributed by atoms with Gasteiger partial charge in [-0.05, 0) is 33.4 Å². The predicted molar refractivity (Wildman–Crippen MR) is 143 cm³/mol. The molecule has 0 bridgehead atoms. The molecule has 1 aliphatic rings. The molecule has 1 amide bonds. The van der Waals surface area contributed by atoms with Gasteiger partial charge in [0.25, 0.3) is 0 Å². The quantitative estimate of drug-likeness (QED) is 0.319. The zero-order valence-electron chi connectivity index (χ0n) is 21.0. The molecule has 8 nitrogen and oxygen atoms in total. The van der Waals surface area contributed by atoms with Crippen molar-refractivity contribution in [2.24, 2.45) is 0 Å². The number of benzene rings is 3. The van der Waals surface area contributed by atoms with Crippen molar-refractivity contribution in [2.75, 3.05) is 20.3 Å². The Morgan fingerprint density at radius 2 is 1.63 bits per heavy atom. The molecule has 194 valence electrons. The van der Waals surface area contributed by atoms with E-state index in [0.29, 0.717) is 13.2 Å². The maximum atomic E-state index is 12.6. The minimum atomic E-state index is -1.12. The van der Waals surface area contributed by atoms with Gasteiger partial charge in [0.1, 0.15) is 12.6 Å². The van der Waals surface area contributed by atoms with Crippen LogP contribution in [0.3, 0.4) is 0 Å². The number of nitrogens with zero attached hydrogens (tertiary/aromatic N) is 2. The van der Waals surface area contributed by atoms with Crippen molar-refractivity contribution in [2.45, 2.75) is 24.9 Å². The summed E-state index contributed by atoms with van der Waals surface area (Å²) in [5.41, 5.74) is 7.17. The number of amides is 1. The molecule has 0 radical (unpaired) electrons. The normalized spacial score (nSPS) is 13.0. The molecule has 1 aliphatic carbocycles. The van der Waals surface area contributed by atoms with Crippen LogP contribution >= 0.6 is 0 Å². The fourth-order valence-electron chi connectivity index (χ4n) is 4.87. The summed E-state index contributed by atoms with van der Waals surface area (Å²) in [6.45, 7) is 1.36. The summed E-state index contributed by atoms with van der Waals surface area (Å²) in [7, 11) is 1.65. The van der Waals surface area contributed by atoms with Crippen LogP contribution in [0.5, 0.6) is 0 Å². The molecule has 0 saturated carbocycles. The lowest BCUT2D eigenvalue weighted by atomic mass is 9.98. The highest BCUT2D eigenvalue weighted by Crippen LogP contribution is 2.44. The lowest BCUT2D eigenvalue weighted by Gasteiger charge is -2.17. The number of carboxylic acid groups (broad SMARTS) is 1. The molecule has 0 spiro atoms. The van der Waals surface area contributed by atoms with Crippen molar-refractivity contribution in [3.63, 3.8) is 0 Å². The summed E-state index contributed by atoms with van der Waals surface area (Å²) >= 11 is 0. The second-order valence-electron chi connectivity index (χ2n) is 9.25. The Balaban J connectivity index is 1.20. The summed E-state index contributed by atoms with van der Waals surface area (Å²) in [4.78, 5) is 24.5. The van der Waals surface area contributed by atoms with E-state index in [1.165, 1.54) is 0 Å². The van der Waals surface area contributed by atoms with Crippen molar-refractivity contribution in [1.82, 2.24) is 15.1 Å². The van der Waals surface area contributed by atoms with Gasteiger partial charge >= 0.3 is 12.1 Å². The molecule has 1 aromatic heterocycles. The van der Waals surface area contributed by atoms with Gasteiger partial charge in [0.2, 0.25) is 0 Å². The second-order valence-corrected chi connectivity index (χ2v) is 9.25. The molecule has 4 aromatic rings. The molecular formula is C30H29N3O5. The molecule has 5 rings (SSSR count). The van der Waals surface area contributed by atoms with E-state index in [1.807, 2.05) is 71.5 Å². The van der Waals surface area contributed by atoms with Crippen LogP contribution < -0.4 is 5.32 Å². The van der Waals surface area contributed by atoms with Crippen LogP contribution in [-0.4, -0.2) is 53.3 Å². The summed E-state index contributed by atoms with van der Waals surface area (Å²) in [5.74, 6) is -1.22. The van der Waals surface area contributed by atoms with Crippen LogP contribution in [0.1, 0.15) is 22.6 Å². The molecule has 0 unspecified atom stereocenters. The van der Waals surface area contributed by atoms with E-state index in [2.05, 4.69) is 22.5 Å². The lowest BCUT2D eigenvalue weighted by molar-refractivity contribution is -0.139. The summed E-state index contributed by atoms with van der Waals surface area (Å²) in [6, 6.07) is 22.6. The Bertz CT molecular complexity index is 1380. The molecule has 0 saturated heterocycles. The van der Waals surface area contributed by atoms with Gasteiger partial charge in [-0.2, -0.15) is 5.10 Å². The lowest BCUT2D eigenvalue weighted by Crippen LogP contribution is -2.42. The maximum absolute atomic E-state index is 12.6. The van der Waals surface area contributed by atoms with E-state index >= 15 is 0 Å². The largest absolute Gasteiger partial charge is 0.480 e. The number of aromatic nitrogens is 2. The summed E-state index contributed by atoms with van der Waals surface area (Å²) in [6.07, 6.45) is 3.10. The number of hydrogen-bond donors (Lipinski definition) is 2. The van der Waals surface area contributed by atoms with Crippen LogP contribution in [-0.2, 0) is 27.2 Å². The first-order chi connectivity index (χ1) is 18.5. The molecule has 0 fully saturated rings. The number of carboxylic acids is 1. The maximum Gasteiger partial charge on any atom is 0.407 e. The van der Waals surface area contributed by atoms with Gasteiger partial charge < -0.3 is 19.9 Å². The Morgan fingerprint density at radius 3 is 2.26 bits per heavy atom. The topological polar surface area (TPSA) is 103 Å². The Morgan fingerprint density at radius 1 is 0.974 bits per heavy atom. The van der Waals surface area contributed by atoms with E-state index in [9.17, 15) is 14.7 Å². The van der Waals surface area contributed by atoms with Gasteiger partial charge in [-0.1, -0.05) is 72.8 Å². The zero-order chi connectivity index (χ0) is 26.5. The first-order valence-corrected chi connectivity index (χ1v) is 12.5. The third kappa shape index (κ3) is 5.45. The van der Waals surface area contributed by atoms with Gasteiger partial charge in [0, 0.05) is 31.2 Å². The van der Waals surface area contributed by atoms with Crippen molar-refractivity contribution >= 4 is 12.1 Å². The van der Waals surface area contributed by atoms with Gasteiger partial charge in [-0.15, -0.1) is 0 Å². The molecule has 2 N–H and O–H groups in total. The van der Waals surface area contributed by atoms with E-state index in [-0.39, 0.29) is 18.9 Å². The third-order valence-electron chi connectivity index (χ3n) is 6.82. The standard InChI is InChI=1S/C30H29N3O5/c1-37-15-14-33-18-22(17-31-33)21-12-10-20(11-13-21)16-28(29(34)35)32-30(36)38-19-27-25-8-4-2-6-23(25)24-7-3-5-9-26(24)27/h2-13,17-18,27-28H,14-16,19H2,1H3,(H,32,36)(H,34,35)/t28-/m0/s1. The Labute approximate surface area is 220 Å². The van der Waals surface area contributed by atoms with E-state index < -0.39 is 18.1 Å².